The summed E-state index contributed by atoms with van der Waals surface area (Å²) < 4.78 is 3.62. The number of nitrogens with one attached hydrogen (secondary N) is 1. The van der Waals surface area contributed by atoms with Crippen molar-refractivity contribution in [1.29, 1.82) is 0 Å². The van der Waals surface area contributed by atoms with Gasteiger partial charge in [0.05, 0.1) is 6.33 Å². The van der Waals surface area contributed by atoms with Crippen LogP contribution in [-0.4, -0.2) is 29.7 Å². The van der Waals surface area contributed by atoms with Crippen LogP contribution in [0.15, 0.2) is 40.2 Å². The molecule has 9 nitrogen and oxygen atoms in total. The fourth-order valence-corrected chi connectivity index (χ4v) is 2.42. The van der Waals surface area contributed by atoms with Crippen LogP contribution in [0.5, 0.6) is 5.75 Å². The zero-order valence-corrected chi connectivity index (χ0v) is 13.1. The van der Waals surface area contributed by atoms with E-state index in [0.29, 0.717) is 5.69 Å². The van der Waals surface area contributed by atoms with Gasteiger partial charge < -0.3 is 15.0 Å². The van der Waals surface area contributed by atoms with Gasteiger partial charge in [0.15, 0.2) is 11.2 Å². The zero-order valence-electron chi connectivity index (χ0n) is 13.1. The van der Waals surface area contributed by atoms with Gasteiger partial charge in [-0.3, -0.25) is 18.7 Å². The van der Waals surface area contributed by atoms with Gasteiger partial charge >= 0.3 is 5.69 Å². The highest BCUT2D eigenvalue weighted by atomic mass is 16.3. The Bertz CT molecular complexity index is 1040. The second-order valence-corrected chi connectivity index (χ2v) is 5.35. The van der Waals surface area contributed by atoms with E-state index >= 15 is 0 Å². The summed E-state index contributed by atoms with van der Waals surface area (Å²) in [4.78, 5) is 40.4. The average Bonchev–Trinajstić information content (AvgIpc) is 2.96. The number of fused-ring (bicyclic) bond motifs is 1. The summed E-state index contributed by atoms with van der Waals surface area (Å²) in [6.07, 6.45) is 1.35. The van der Waals surface area contributed by atoms with Crippen LogP contribution in [0.2, 0.25) is 0 Å². The predicted molar refractivity (Wildman–Crippen MR) is 87.0 cm³/mol. The van der Waals surface area contributed by atoms with Crippen molar-refractivity contribution < 1.29 is 9.90 Å². The molecule has 24 heavy (non-hydrogen) atoms. The molecule has 0 bridgehead atoms. The number of aryl methyl sites for hydroxylation is 1. The van der Waals surface area contributed by atoms with E-state index in [0.717, 1.165) is 4.57 Å². The number of imidazole rings is 1. The topological polar surface area (TPSA) is 111 Å². The highest BCUT2D eigenvalue weighted by molar-refractivity contribution is 5.91. The summed E-state index contributed by atoms with van der Waals surface area (Å²) in [5.41, 5.74) is -0.0714. The number of amides is 1. The first-order valence-corrected chi connectivity index (χ1v) is 7.08. The number of phenolic OH excluding ortho intramolecular Hbond substituents is 1. The molecular formula is C15H15N5O4. The van der Waals surface area contributed by atoms with E-state index < -0.39 is 11.2 Å². The molecule has 0 saturated carbocycles. The van der Waals surface area contributed by atoms with Gasteiger partial charge in [-0.2, -0.15) is 0 Å². The van der Waals surface area contributed by atoms with Crippen molar-refractivity contribution in [3.63, 3.8) is 0 Å². The molecule has 0 fully saturated rings. The summed E-state index contributed by atoms with van der Waals surface area (Å²) in [7, 11) is 2.88. The van der Waals surface area contributed by atoms with Crippen LogP contribution in [0.1, 0.15) is 0 Å². The molecule has 2 N–H and O–H groups in total. The summed E-state index contributed by atoms with van der Waals surface area (Å²) in [6.45, 7) is -0.134. The Hall–Kier alpha value is -3.36. The standard InChI is InChI=1S/C15H15N5O4/c1-18-13-12(14(23)19(2)15(18)24)20(8-16-13)7-11(22)17-9-3-5-10(21)6-4-9/h3-6,8,21H,7H2,1-2H3,(H,17,22). The minimum Gasteiger partial charge on any atom is -0.508 e. The van der Waals surface area contributed by atoms with Crippen LogP contribution in [0.3, 0.4) is 0 Å². The number of rotatable bonds is 3. The van der Waals surface area contributed by atoms with Gasteiger partial charge in [0, 0.05) is 19.8 Å². The molecule has 124 valence electrons. The first-order chi connectivity index (χ1) is 11.4. The number of nitrogens with zero attached hydrogens (tertiary/aromatic N) is 4. The summed E-state index contributed by atoms with van der Waals surface area (Å²) in [5.74, 6) is -0.270. The lowest BCUT2D eigenvalue weighted by molar-refractivity contribution is -0.116. The first kappa shape index (κ1) is 15.5. The Labute approximate surface area is 135 Å². The number of phenols is 1. The van der Waals surface area contributed by atoms with Gasteiger partial charge in [-0.25, -0.2) is 9.78 Å². The van der Waals surface area contributed by atoms with Crippen molar-refractivity contribution in [2.45, 2.75) is 6.54 Å². The van der Waals surface area contributed by atoms with Crippen LogP contribution in [0.25, 0.3) is 11.2 Å². The van der Waals surface area contributed by atoms with Gasteiger partial charge in [-0.1, -0.05) is 0 Å². The van der Waals surface area contributed by atoms with Gasteiger partial charge in [-0.05, 0) is 24.3 Å². The van der Waals surface area contributed by atoms with Gasteiger partial charge in [-0.15, -0.1) is 0 Å². The molecule has 0 atom stereocenters. The lowest BCUT2D eigenvalue weighted by Gasteiger charge is -2.08. The molecular weight excluding hydrogens is 314 g/mol. The number of aromatic hydroxyl groups is 1. The lowest BCUT2D eigenvalue weighted by Crippen LogP contribution is -2.37. The normalized spacial score (nSPS) is 10.9. The molecule has 1 amide bonds. The fraction of sp³-hybridized carbons (Fsp3) is 0.200. The zero-order chi connectivity index (χ0) is 17.4. The van der Waals surface area contributed by atoms with Gasteiger partial charge in [0.1, 0.15) is 12.3 Å². The number of hydrogen-bond acceptors (Lipinski definition) is 5. The van der Waals surface area contributed by atoms with E-state index in [1.807, 2.05) is 0 Å². The maximum Gasteiger partial charge on any atom is 0.332 e. The smallest absolute Gasteiger partial charge is 0.332 e. The van der Waals surface area contributed by atoms with Crippen LogP contribution >= 0.6 is 0 Å². The van der Waals surface area contributed by atoms with E-state index in [1.165, 1.54) is 41.7 Å². The van der Waals surface area contributed by atoms with Crippen molar-refractivity contribution in [3.05, 3.63) is 51.4 Å². The quantitative estimate of drug-likeness (QED) is 0.645. The molecule has 0 radical (unpaired) electrons. The van der Waals surface area contributed by atoms with Crippen LogP contribution in [-0.2, 0) is 25.4 Å². The van der Waals surface area contributed by atoms with E-state index in [4.69, 9.17) is 0 Å². The predicted octanol–water partition coefficient (Wildman–Crippen LogP) is -0.222. The maximum atomic E-state index is 12.3. The van der Waals surface area contributed by atoms with Gasteiger partial charge in [0.2, 0.25) is 5.91 Å². The number of hydrogen-bond donors (Lipinski definition) is 2. The minimum absolute atomic E-state index is 0.0954. The Kier molecular flexibility index (Phi) is 3.68. The molecule has 0 unspecified atom stereocenters. The average molecular weight is 329 g/mol. The minimum atomic E-state index is -0.511. The number of anilines is 1. The third-order valence-electron chi connectivity index (χ3n) is 3.68. The molecule has 0 aliphatic heterocycles. The number of carbonyl (C=O) groups excluding carboxylic acids is 1. The molecule has 0 saturated heterocycles. The molecule has 2 aromatic heterocycles. The Morgan fingerprint density at radius 3 is 2.50 bits per heavy atom. The largest absolute Gasteiger partial charge is 0.508 e. The van der Waals surface area contributed by atoms with Crippen LogP contribution in [0, 0.1) is 0 Å². The van der Waals surface area contributed by atoms with E-state index in [9.17, 15) is 19.5 Å². The third-order valence-corrected chi connectivity index (χ3v) is 3.68. The van der Waals surface area contributed by atoms with Crippen molar-refractivity contribution in [3.8, 4) is 5.75 Å². The van der Waals surface area contributed by atoms with Gasteiger partial charge in [0.25, 0.3) is 5.56 Å². The maximum absolute atomic E-state index is 12.3. The summed E-state index contributed by atoms with van der Waals surface area (Å²) >= 11 is 0. The Morgan fingerprint density at radius 1 is 1.17 bits per heavy atom. The highest BCUT2D eigenvalue weighted by Gasteiger charge is 2.15. The van der Waals surface area contributed by atoms with Crippen molar-refractivity contribution in [1.82, 2.24) is 18.7 Å². The number of aromatic nitrogens is 4. The molecule has 2 heterocycles. The van der Waals surface area contributed by atoms with Crippen molar-refractivity contribution >= 4 is 22.8 Å². The Morgan fingerprint density at radius 2 is 1.83 bits per heavy atom. The Balaban J connectivity index is 1.93. The second kappa shape index (κ2) is 5.69. The fourth-order valence-electron chi connectivity index (χ4n) is 2.42. The number of benzene rings is 1. The van der Waals surface area contributed by atoms with E-state index in [1.54, 1.807) is 12.1 Å². The molecule has 0 aliphatic carbocycles. The molecule has 0 spiro atoms. The number of carbonyl (C=O) groups is 1. The third kappa shape index (κ3) is 2.56. The monoisotopic (exact) mass is 329 g/mol. The molecule has 3 aromatic rings. The van der Waals surface area contributed by atoms with Crippen LogP contribution in [0.4, 0.5) is 5.69 Å². The molecule has 0 aliphatic rings. The summed E-state index contributed by atoms with van der Waals surface area (Å²) in [6, 6.07) is 6.02. The second-order valence-electron chi connectivity index (χ2n) is 5.35. The van der Waals surface area contributed by atoms with E-state index in [-0.39, 0.29) is 29.4 Å². The first-order valence-electron chi connectivity index (χ1n) is 7.08. The summed E-state index contributed by atoms with van der Waals surface area (Å²) in [5, 5.41) is 11.9. The van der Waals surface area contributed by atoms with Crippen LogP contribution < -0.4 is 16.6 Å². The van der Waals surface area contributed by atoms with Crippen molar-refractivity contribution in [2.75, 3.05) is 5.32 Å². The van der Waals surface area contributed by atoms with E-state index in [2.05, 4.69) is 10.3 Å². The van der Waals surface area contributed by atoms with Crippen molar-refractivity contribution in [2.24, 2.45) is 14.1 Å². The molecule has 3 rings (SSSR count). The lowest BCUT2D eigenvalue weighted by atomic mass is 10.3. The highest BCUT2D eigenvalue weighted by Crippen LogP contribution is 2.14. The molecule has 9 heteroatoms. The molecule has 1 aromatic carbocycles. The SMILES string of the molecule is Cn1c(=O)c2c(ncn2CC(=O)Nc2ccc(O)cc2)n(C)c1=O.